The molecule has 156 valence electrons. The van der Waals surface area contributed by atoms with Crippen molar-refractivity contribution in [3.8, 4) is 0 Å². The zero-order chi connectivity index (χ0) is 20.9. The predicted molar refractivity (Wildman–Crippen MR) is 116 cm³/mol. The van der Waals surface area contributed by atoms with Gasteiger partial charge in [0.25, 0.3) is 0 Å². The van der Waals surface area contributed by atoms with Crippen LogP contribution in [0.5, 0.6) is 0 Å². The molecular weight excluding hydrogens is 366 g/mol. The first kappa shape index (κ1) is 20.9. The number of nitrogens with zero attached hydrogens (tertiary/aromatic N) is 2. The first-order chi connectivity index (χ1) is 13.9. The number of H-pyrrole nitrogens is 1. The quantitative estimate of drug-likeness (QED) is 0.266. The number of aliphatic hydroxyl groups is 1. The fourth-order valence-corrected chi connectivity index (χ4v) is 3.41. The van der Waals surface area contributed by atoms with Crippen molar-refractivity contribution in [1.82, 2.24) is 20.6 Å². The molecule has 1 unspecified atom stereocenters. The van der Waals surface area contributed by atoms with Gasteiger partial charge in [-0.1, -0.05) is 12.1 Å². The summed E-state index contributed by atoms with van der Waals surface area (Å²) in [7, 11) is 0. The van der Waals surface area contributed by atoms with Gasteiger partial charge in [-0.05, 0) is 52.3 Å². The molecular formula is C22H31N5O2. The van der Waals surface area contributed by atoms with Gasteiger partial charge in [-0.15, -0.1) is 0 Å². The van der Waals surface area contributed by atoms with Crippen molar-refractivity contribution >= 4 is 17.0 Å². The molecule has 0 amide bonds. The van der Waals surface area contributed by atoms with Crippen molar-refractivity contribution in [3.63, 3.8) is 0 Å². The number of fused-ring (bicyclic) bond motifs is 1. The van der Waals surface area contributed by atoms with Crippen molar-refractivity contribution in [2.45, 2.75) is 46.1 Å². The van der Waals surface area contributed by atoms with Crippen LogP contribution in [0.1, 0.15) is 43.2 Å². The lowest BCUT2D eigenvalue weighted by molar-refractivity contribution is 0.0657. The van der Waals surface area contributed by atoms with E-state index in [-0.39, 0.29) is 6.54 Å². The zero-order valence-corrected chi connectivity index (χ0v) is 17.7. The number of aromatic nitrogens is 2. The van der Waals surface area contributed by atoms with Gasteiger partial charge in [0.05, 0.1) is 17.6 Å². The molecule has 1 atom stereocenters. The Labute approximate surface area is 171 Å². The van der Waals surface area contributed by atoms with Gasteiger partial charge in [-0.25, -0.2) is 9.98 Å². The number of hydrogen-bond donors (Lipinski definition) is 4. The molecule has 0 saturated carbocycles. The molecule has 29 heavy (non-hydrogen) atoms. The van der Waals surface area contributed by atoms with E-state index in [0.29, 0.717) is 5.96 Å². The van der Waals surface area contributed by atoms with Crippen molar-refractivity contribution in [1.29, 1.82) is 0 Å². The number of para-hydroxylation sites is 2. The average Bonchev–Trinajstić information content (AvgIpc) is 3.25. The molecule has 0 aliphatic rings. The van der Waals surface area contributed by atoms with Crippen molar-refractivity contribution in [3.05, 3.63) is 53.2 Å². The number of guanidine groups is 1. The topological polar surface area (TPSA) is 98.5 Å². The minimum Gasteiger partial charge on any atom is -0.466 e. The number of aromatic amines is 1. The third kappa shape index (κ3) is 5.38. The lowest BCUT2D eigenvalue weighted by Gasteiger charge is -2.21. The van der Waals surface area contributed by atoms with E-state index in [0.717, 1.165) is 59.9 Å². The van der Waals surface area contributed by atoms with E-state index in [1.807, 2.05) is 51.1 Å². The fraction of sp³-hybridized carbons (Fsp3) is 0.455. The van der Waals surface area contributed by atoms with Crippen molar-refractivity contribution in [2.24, 2.45) is 4.99 Å². The Bertz CT molecular complexity index is 938. The van der Waals surface area contributed by atoms with Crippen LogP contribution in [0, 0.1) is 13.8 Å². The van der Waals surface area contributed by atoms with Crippen molar-refractivity contribution in [2.75, 3.05) is 19.6 Å². The van der Waals surface area contributed by atoms with Crippen LogP contribution in [0.2, 0.25) is 0 Å². The standard InChI is InChI=1S/C22H31N5O2/c1-5-23-21(25-14-22(4,28)17-13-15(2)29-16(17)3)24-12-8-11-20-26-18-9-6-7-10-19(18)27-20/h6-7,9-10,13,28H,5,8,11-12,14H2,1-4H3,(H,26,27)(H2,23,24,25). The third-order valence-corrected chi connectivity index (χ3v) is 4.83. The first-order valence-corrected chi connectivity index (χ1v) is 10.1. The average molecular weight is 398 g/mol. The van der Waals surface area contributed by atoms with Crippen LogP contribution in [0.25, 0.3) is 11.0 Å². The number of rotatable bonds is 8. The van der Waals surface area contributed by atoms with Gasteiger partial charge in [-0.3, -0.25) is 0 Å². The zero-order valence-electron chi connectivity index (χ0n) is 17.7. The SMILES string of the molecule is CCNC(=NCC(C)(O)c1cc(C)oc1C)NCCCc1nc2ccccc2[nH]1. The van der Waals surface area contributed by atoms with Gasteiger partial charge in [0.1, 0.15) is 22.9 Å². The normalized spacial score (nSPS) is 14.2. The molecule has 1 aromatic carbocycles. The molecule has 0 saturated heterocycles. The first-order valence-electron chi connectivity index (χ1n) is 10.1. The van der Waals surface area contributed by atoms with Gasteiger partial charge in [0.2, 0.25) is 0 Å². The highest BCUT2D eigenvalue weighted by Crippen LogP contribution is 2.27. The highest BCUT2D eigenvalue weighted by molar-refractivity contribution is 5.79. The summed E-state index contributed by atoms with van der Waals surface area (Å²) >= 11 is 0. The number of furan rings is 1. The van der Waals surface area contributed by atoms with Crippen LogP contribution < -0.4 is 10.6 Å². The number of aliphatic imine (C=N–C) groups is 1. The Hall–Kier alpha value is -2.80. The molecule has 0 aliphatic heterocycles. The van der Waals surface area contributed by atoms with Crippen LogP contribution in [0.15, 0.2) is 39.7 Å². The Kier molecular flexibility index (Phi) is 6.59. The van der Waals surface area contributed by atoms with Crippen LogP contribution in [-0.2, 0) is 12.0 Å². The van der Waals surface area contributed by atoms with Crippen molar-refractivity contribution < 1.29 is 9.52 Å². The lowest BCUT2D eigenvalue weighted by Crippen LogP contribution is -2.39. The van der Waals surface area contributed by atoms with E-state index in [4.69, 9.17) is 4.42 Å². The molecule has 0 fully saturated rings. The summed E-state index contributed by atoms with van der Waals surface area (Å²) in [4.78, 5) is 12.5. The Balaban J connectivity index is 1.54. The monoisotopic (exact) mass is 397 g/mol. The van der Waals surface area contributed by atoms with E-state index in [1.54, 1.807) is 6.92 Å². The number of benzene rings is 1. The number of aryl methyl sites for hydroxylation is 3. The van der Waals surface area contributed by atoms with Crippen LogP contribution in [-0.4, -0.2) is 40.7 Å². The van der Waals surface area contributed by atoms with Crippen LogP contribution in [0.4, 0.5) is 0 Å². The van der Waals surface area contributed by atoms with E-state index in [1.165, 1.54) is 0 Å². The smallest absolute Gasteiger partial charge is 0.191 e. The van der Waals surface area contributed by atoms with Gasteiger partial charge >= 0.3 is 0 Å². The van der Waals surface area contributed by atoms with Crippen LogP contribution >= 0.6 is 0 Å². The van der Waals surface area contributed by atoms with Gasteiger partial charge in [0.15, 0.2) is 5.96 Å². The van der Waals surface area contributed by atoms with Gasteiger partial charge in [0, 0.05) is 25.1 Å². The summed E-state index contributed by atoms with van der Waals surface area (Å²) in [6, 6.07) is 9.92. The number of nitrogens with one attached hydrogen (secondary N) is 3. The summed E-state index contributed by atoms with van der Waals surface area (Å²) in [6.45, 7) is 9.28. The Morgan fingerprint density at radius 3 is 2.76 bits per heavy atom. The second-order valence-electron chi connectivity index (χ2n) is 7.53. The fourth-order valence-electron chi connectivity index (χ4n) is 3.41. The predicted octanol–water partition coefficient (Wildman–Crippen LogP) is 3.17. The van der Waals surface area contributed by atoms with Gasteiger partial charge in [-0.2, -0.15) is 0 Å². The number of imidazole rings is 1. The second-order valence-corrected chi connectivity index (χ2v) is 7.53. The lowest BCUT2D eigenvalue weighted by atomic mass is 9.96. The molecule has 0 bridgehead atoms. The second kappa shape index (κ2) is 9.13. The largest absolute Gasteiger partial charge is 0.466 e. The number of hydrogen-bond acceptors (Lipinski definition) is 4. The van der Waals surface area contributed by atoms with E-state index in [9.17, 15) is 5.11 Å². The highest BCUT2D eigenvalue weighted by Gasteiger charge is 2.27. The maximum Gasteiger partial charge on any atom is 0.191 e. The minimum absolute atomic E-state index is 0.242. The minimum atomic E-state index is -1.08. The summed E-state index contributed by atoms with van der Waals surface area (Å²) in [5.41, 5.74) is 1.76. The highest BCUT2D eigenvalue weighted by atomic mass is 16.3. The van der Waals surface area contributed by atoms with E-state index >= 15 is 0 Å². The molecule has 7 heteroatoms. The van der Waals surface area contributed by atoms with Gasteiger partial charge < -0.3 is 25.1 Å². The third-order valence-electron chi connectivity index (χ3n) is 4.83. The van der Waals surface area contributed by atoms with Crippen LogP contribution in [0.3, 0.4) is 0 Å². The Morgan fingerprint density at radius 2 is 2.07 bits per heavy atom. The molecule has 0 aliphatic carbocycles. The molecule has 0 radical (unpaired) electrons. The summed E-state index contributed by atoms with van der Waals surface area (Å²) in [5.74, 6) is 3.20. The molecule has 0 spiro atoms. The molecule has 3 rings (SSSR count). The molecule has 3 aromatic rings. The molecule has 4 N–H and O–H groups in total. The van der Waals surface area contributed by atoms with E-state index < -0.39 is 5.60 Å². The summed E-state index contributed by atoms with van der Waals surface area (Å²) in [5, 5.41) is 17.4. The molecule has 2 aromatic heterocycles. The maximum absolute atomic E-state index is 10.9. The summed E-state index contributed by atoms with van der Waals surface area (Å²) < 4.78 is 5.55. The van der Waals surface area contributed by atoms with E-state index in [2.05, 4.69) is 25.6 Å². The summed E-state index contributed by atoms with van der Waals surface area (Å²) in [6.07, 6.45) is 1.77. The molecule has 7 nitrogen and oxygen atoms in total. The Morgan fingerprint density at radius 1 is 1.28 bits per heavy atom. The molecule has 2 heterocycles. The maximum atomic E-state index is 10.9.